The Kier molecular flexibility index (Phi) is 2.97. The van der Waals surface area contributed by atoms with Crippen LogP contribution in [0.3, 0.4) is 0 Å². The highest BCUT2D eigenvalue weighted by Gasteiger charge is 2.28. The van der Waals surface area contributed by atoms with E-state index in [1.807, 2.05) is 6.07 Å². The molecule has 19 heavy (non-hydrogen) atoms. The average molecular weight is 262 g/mol. The quantitative estimate of drug-likeness (QED) is 0.901. The summed E-state index contributed by atoms with van der Waals surface area (Å²) in [5.74, 6) is -0.305. The number of hydrogen-bond donors (Lipinski definition) is 1. The third-order valence-electron chi connectivity index (χ3n) is 3.45. The second-order valence-electron chi connectivity index (χ2n) is 4.98. The van der Waals surface area contributed by atoms with Crippen molar-refractivity contribution in [2.75, 3.05) is 0 Å². The van der Waals surface area contributed by atoms with Gasteiger partial charge in [-0.1, -0.05) is 6.07 Å². The lowest BCUT2D eigenvalue weighted by molar-refractivity contribution is -0.137. The number of carbonyl (C=O) groups is 1. The predicted octanol–water partition coefficient (Wildman–Crippen LogP) is 2.92. The Labute approximate surface area is 109 Å². The van der Waals surface area contributed by atoms with Crippen LogP contribution in [0.1, 0.15) is 37.5 Å². The lowest BCUT2D eigenvalue weighted by Gasteiger charge is -2.06. The molecule has 1 aliphatic rings. The Morgan fingerprint density at radius 2 is 2.26 bits per heavy atom. The molecule has 4 nitrogen and oxygen atoms in total. The SMILES string of the molecule is O=C(O)CCCc1nc2c(F)cccc2n1C1CC1. The third-order valence-corrected chi connectivity index (χ3v) is 3.45. The Morgan fingerprint density at radius 1 is 1.47 bits per heavy atom. The van der Waals surface area contributed by atoms with Gasteiger partial charge in [0, 0.05) is 18.9 Å². The normalized spacial score (nSPS) is 15.0. The number of carboxylic acid groups (broad SMARTS) is 1. The fourth-order valence-corrected chi connectivity index (χ4v) is 2.45. The number of aliphatic carboxylic acids is 1. The molecule has 0 aliphatic heterocycles. The van der Waals surface area contributed by atoms with Gasteiger partial charge < -0.3 is 9.67 Å². The van der Waals surface area contributed by atoms with Crippen LogP contribution in [0.4, 0.5) is 4.39 Å². The maximum atomic E-state index is 13.7. The Balaban J connectivity index is 1.95. The molecule has 0 spiro atoms. The van der Waals surface area contributed by atoms with Crippen LogP contribution in [-0.4, -0.2) is 20.6 Å². The van der Waals surface area contributed by atoms with Crippen LogP contribution in [0, 0.1) is 5.82 Å². The number of hydrogen-bond acceptors (Lipinski definition) is 2. The van der Waals surface area contributed by atoms with E-state index in [-0.39, 0.29) is 12.2 Å². The van der Waals surface area contributed by atoms with Crippen LogP contribution in [0.15, 0.2) is 18.2 Å². The first-order valence-electron chi connectivity index (χ1n) is 6.54. The van der Waals surface area contributed by atoms with Crippen LogP contribution in [0.25, 0.3) is 11.0 Å². The molecule has 1 N–H and O–H groups in total. The summed E-state index contributed by atoms with van der Waals surface area (Å²) in [6, 6.07) is 5.39. The number of nitrogens with zero attached hydrogens (tertiary/aromatic N) is 2. The summed E-state index contributed by atoms with van der Waals surface area (Å²) in [6.45, 7) is 0. The van der Waals surface area contributed by atoms with Gasteiger partial charge in [-0.3, -0.25) is 4.79 Å². The van der Waals surface area contributed by atoms with Crippen LogP contribution < -0.4 is 0 Å². The Morgan fingerprint density at radius 3 is 2.95 bits per heavy atom. The van der Waals surface area contributed by atoms with E-state index >= 15 is 0 Å². The van der Waals surface area contributed by atoms with E-state index in [1.165, 1.54) is 6.07 Å². The van der Waals surface area contributed by atoms with Crippen molar-refractivity contribution < 1.29 is 14.3 Å². The van der Waals surface area contributed by atoms with Crippen LogP contribution >= 0.6 is 0 Å². The second-order valence-corrected chi connectivity index (χ2v) is 4.98. The minimum atomic E-state index is -0.805. The summed E-state index contributed by atoms with van der Waals surface area (Å²) < 4.78 is 15.8. The number of aryl methyl sites for hydroxylation is 1. The van der Waals surface area contributed by atoms with E-state index in [4.69, 9.17) is 5.11 Å². The van der Waals surface area contributed by atoms with Gasteiger partial charge in [0.25, 0.3) is 0 Å². The molecular formula is C14H15FN2O2. The predicted molar refractivity (Wildman–Crippen MR) is 68.5 cm³/mol. The fourth-order valence-electron chi connectivity index (χ4n) is 2.45. The van der Waals surface area contributed by atoms with Crippen LogP contribution in [0.2, 0.25) is 0 Å². The van der Waals surface area contributed by atoms with Gasteiger partial charge in [0.05, 0.1) is 5.52 Å². The van der Waals surface area contributed by atoms with E-state index < -0.39 is 5.97 Å². The molecular weight excluding hydrogens is 247 g/mol. The zero-order valence-corrected chi connectivity index (χ0v) is 10.5. The minimum absolute atomic E-state index is 0.121. The van der Waals surface area contributed by atoms with Crippen molar-refractivity contribution >= 4 is 17.0 Å². The first-order valence-corrected chi connectivity index (χ1v) is 6.54. The van der Waals surface area contributed by atoms with E-state index in [9.17, 15) is 9.18 Å². The van der Waals surface area contributed by atoms with Gasteiger partial charge in [0.2, 0.25) is 0 Å². The number of aromatic nitrogens is 2. The smallest absolute Gasteiger partial charge is 0.303 e. The van der Waals surface area contributed by atoms with Crippen molar-refractivity contribution in [3.05, 3.63) is 29.8 Å². The summed E-state index contributed by atoms with van der Waals surface area (Å²) in [7, 11) is 0. The van der Waals surface area contributed by atoms with Crippen molar-refractivity contribution in [2.45, 2.75) is 38.1 Å². The summed E-state index contributed by atoms with van der Waals surface area (Å²) in [6.07, 6.45) is 3.42. The minimum Gasteiger partial charge on any atom is -0.481 e. The molecule has 1 aromatic heterocycles. The highest BCUT2D eigenvalue weighted by molar-refractivity contribution is 5.77. The van der Waals surface area contributed by atoms with Crippen LogP contribution in [0.5, 0.6) is 0 Å². The number of fused-ring (bicyclic) bond motifs is 1. The van der Waals surface area contributed by atoms with E-state index in [0.29, 0.717) is 24.4 Å². The molecule has 0 amide bonds. The van der Waals surface area contributed by atoms with Crippen molar-refractivity contribution in [2.24, 2.45) is 0 Å². The van der Waals surface area contributed by atoms with Gasteiger partial charge in [0.15, 0.2) is 5.82 Å². The number of benzene rings is 1. The van der Waals surface area contributed by atoms with E-state index in [2.05, 4.69) is 9.55 Å². The molecule has 1 aliphatic carbocycles. The van der Waals surface area contributed by atoms with Crippen LogP contribution in [-0.2, 0) is 11.2 Å². The van der Waals surface area contributed by atoms with Gasteiger partial charge in [0.1, 0.15) is 11.3 Å². The van der Waals surface area contributed by atoms with Crippen molar-refractivity contribution in [1.29, 1.82) is 0 Å². The van der Waals surface area contributed by atoms with Crippen molar-refractivity contribution in [3.63, 3.8) is 0 Å². The average Bonchev–Trinajstić information content (AvgIpc) is 3.11. The number of para-hydroxylation sites is 1. The molecule has 0 atom stereocenters. The molecule has 3 rings (SSSR count). The molecule has 1 fully saturated rings. The highest BCUT2D eigenvalue weighted by atomic mass is 19.1. The summed E-state index contributed by atoms with van der Waals surface area (Å²) in [5, 5.41) is 8.68. The second kappa shape index (κ2) is 4.64. The van der Waals surface area contributed by atoms with Gasteiger partial charge in [-0.15, -0.1) is 0 Å². The van der Waals surface area contributed by atoms with Crippen molar-refractivity contribution in [3.8, 4) is 0 Å². The number of halogens is 1. The third kappa shape index (κ3) is 2.32. The molecule has 100 valence electrons. The zero-order valence-electron chi connectivity index (χ0n) is 10.5. The van der Waals surface area contributed by atoms with Gasteiger partial charge in [-0.25, -0.2) is 9.37 Å². The number of carboxylic acids is 1. The van der Waals surface area contributed by atoms with E-state index in [1.54, 1.807) is 6.07 Å². The maximum Gasteiger partial charge on any atom is 0.303 e. The van der Waals surface area contributed by atoms with E-state index in [0.717, 1.165) is 24.2 Å². The number of imidazole rings is 1. The van der Waals surface area contributed by atoms with Gasteiger partial charge >= 0.3 is 5.97 Å². The first kappa shape index (κ1) is 12.1. The Hall–Kier alpha value is -1.91. The number of rotatable bonds is 5. The molecule has 2 aromatic rings. The van der Waals surface area contributed by atoms with Gasteiger partial charge in [-0.2, -0.15) is 0 Å². The fraction of sp³-hybridized carbons (Fsp3) is 0.429. The molecule has 1 saturated carbocycles. The first-order chi connectivity index (χ1) is 9.16. The monoisotopic (exact) mass is 262 g/mol. The lowest BCUT2D eigenvalue weighted by atomic mass is 10.2. The lowest BCUT2D eigenvalue weighted by Crippen LogP contribution is -2.03. The highest BCUT2D eigenvalue weighted by Crippen LogP contribution is 2.39. The summed E-state index contributed by atoms with van der Waals surface area (Å²) >= 11 is 0. The molecule has 1 heterocycles. The maximum absolute atomic E-state index is 13.7. The summed E-state index contributed by atoms with van der Waals surface area (Å²) in [4.78, 5) is 14.9. The molecule has 1 aromatic carbocycles. The molecule has 0 saturated heterocycles. The topological polar surface area (TPSA) is 55.1 Å². The Bertz CT molecular complexity index is 632. The largest absolute Gasteiger partial charge is 0.481 e. The molecule has 5 heteroatoms. The van der Waals surface area contributed by atoms with Gasteiger partial charge in [-0.05, 0) is 31.4 Å². The standard InChI is InChI=1S/C14H15FN2O2/c15-10-3-1-4-11-14(10)16-12(5-2-6-13(18)19)17(11)9-7-8-9/h1,3-4,9H,2,5-8H2,(H,18,19). The summed E-state index contributed by atoms with van der Waals surface area (Å²) in [5.41, 5.74) is 1.23. The van der Waals surface area contributed by atoms with Crippen molar-refractivity contribution in [1.82, 2.24) is 9.55 Å². The molecule has 0 unspecified atom stereocenters. The molecule has 0 radical (unpaired) electrons. The molecule has 0 bridgehead atoms. The zero-order chi connectivity index (χ0) is 13.4.